The molecule has 1 rings (SSSR count). The average molecular weight is 219 g/mol. The molecule has 1 amide bonds. The lowest BCUT2D eigenvalue weighted by Crippen LogP contribution is -2.23. The number of hydrogen-bond donors (Lipinski definition) is 2. The molecule has 14 heavy (non-hydrogen) atoms. The topological polar surface area (TPSA) is 72.9 Å². The number of aryl methyl sites for hydroxylation is 1. The smallest absolute Gasteiger partial charge is 0.239 e. The lowest BCUT2D eigenvalue weighted by atomic mass is 10.5. The van der Waals surface area contributed by atoms with E-state index in [4.69, 9.17) is 5.73 Å². The third-order valence-electron chi connectivity index (χ3n) is 1.60. The van der Waals surface area contributed by atoms with Crippen molar-refractivity contribution in [1.82, 2.24) is 9.78 Å². The van der Waals surface area contributed by atoms with Crippen molar-refractivity contribution in [3.63, 3.8) is 0 Å². The van der Waals surface area contributed by atoms with E-state index in [1.807, 2.05) is 0 Å². The minimum atomic E-state index is -0.196. The highest BCUT2D eigenvalue weighted by atomic mass is 35.5. The summed E-state index contributed by atoms with van der Waals surface area (Å²) in [5.74, 6) is 0.509. The molecule has 0 atom stereocenters. The van der Waals surface area contributed by atoms with E-state index in [1.165, 1.54) is 0 Å². The number of nitrogens with zero attached hydrogens (tertiary/aromatic N) is 2. The van der Waals surface area contributed by atoms with Gasteiger partial charge < -0.3 is 11.1 Å². The first-order valence-electron chi connectivity index (χ1n) is 4.29. The second kappa shape index (κ2) is 6.39. The lowest BCUT2D eigenvalue weighted by Gasteiger charge is -2.06. The number of hydrogen-bond acceptors (Lipinski definition) is 3. The molecule has 0 spiro atoms. The summed E-state index contributed by atoms with van der Waals surface area (Å²) in [6.45, 7) is 2.85. The van der Waals surface area contributed by atoms with Crippen molar-refractivity contribution in [2.24, 2.45) is 5.73 Å². The van der Waals surface area contributed by atoms with Gasteiger partial charge in [-0.1, -0.05) is 6.92 Å². The molecule has 0 unspecified atom stereocenters. The normalized spacial score (nSPS) is 9.29. The average Bonchev–Trinajstić information content (AvgIpc) is 2.54. The maximum atomic E-state index is 11.0. The molecular weight excluding hydrogens is 204 g/mol. The maximum Gasteiger partial charge on any atom is 0.239 e. The molecule has 1 aromatic rings. The van der Waals surface area contributed by atoms with Crippen molar-refractivity contribution < 1.29 is 4.79 Å². The second-order valence-electron chi connectivity index (χ2n) is 2.69. The van der Waals surface area contributed by atoms with Crippen LogP contribution in [0.1, 0.15) is 13.3 Å². The first-order valence-corrected chi connectivity index (χ1v) is 4.29. The van der Waals surface area contributed by atoms with Gasteiger partial charge in [0.1, 0.15) is 5.82 Å². The number of halogens is 1. The van der Waals surface area contributed by atoms with Gasteiger partial charge in [-0.25, -0.2) is 4.68 Å². The molecule has 0 aliphatic heterocycles. The number of rotatable bonds is 4. The third kappa shape index (κ3) is 3.35. The molecule has 3 N–H and O–H groups in total. The van der Waals surface area contributed by atoms with Gasteiger partial charge in [-0.15, -0.1) is 12.4 Å². The van der Waals surface area contributed by atoms with Gasteiger partial charge in [0, 0.05) is 12.6 Å². The van der Waals surface area contributed by atoms with E-state index in [0.717, 1.165) is 13.0 Å². The molecule has 0 fully saturated rings. The zero-order valence-corrected chi connectivity index (χ0v) is 8.88. The predicted octanol–water partition coefficient (Wildman–Crippen LogP) is 0.612. The second-order valence-corrected chi connectivity index (χ2v) is 2.69. The van der Waals surface area contributed by atoms with Crippen LogP contribution in [0.15, 0.2) is 12.3 Å². The lowest BCUT2D eigenvalue weighted by molar-refractivity contribution is -0.114. The molecule has 0 radical (unpaired) electrons. The molecule has 1 aromatic heterocycles. The first-order chi connectivity index (χ1) is 6.27. The Labute approximate surface area is 89.1 Å². The zero-order valence-electron chi connectivity index (χ0n) is 8.06. The summed E-state index contributed by atoms with van der Waals surface area (Å²) >= 11 is 0. The van der Waals surface area contributed by atoms with Crippen molar-refractivity contribution >= 4 is 24.1 Å². The molecule has 5 nitrogen and oxygen atoms in total. The third-order valence-corrected chi connectivity index (χ3v) is 1.60. The van der Waals surface area contributed by atoms with Crippen molar-refractivity contribution in [2.75, 3.05) is 11.9 Å². The molecule has 0 saturated heterocycles. The Hall–Kier alpha value is -1.07. The van der Waals surface area contributed by atoms with Gasteiger partial charge >= 0.3 is 0 Å². The Morgan fingerprint density at radius 3 is 3.00 bits per heavy atom. The molecule has 0 bridgehead atoms. The van der Waals surface area contributed by atoms with Crippen LogP contribution in [-0.2, 0) is 11.3 Å². The minimum Gasteiger partial charge on any atom is -0.322 e. The summed E-state index contributed by atoms with van der Waals surface area (Å²) in [4.78, 5) is 11.0. The van der Waals surface area contributed by atoms with E-state index in [9.17, 15) is 4.79 Å². The molecule has 1 heterocycles. The Morgan fingerprint density at radius 1 is 1.71 bits per heavy atom. The highest BCUT2D eigenvalue weighted by Gasteiger charge is 2.03. The molecule has 6 heteroatoms. The molecule has 80 valence electrons. The van der Waals surface area contributed by atoms with E-state index >= 15 is 0 Å². The standard InChI is InChI=1S/C8H14N4O.ClH/c1-2-5-12-7(3-4-10-12)11-8(13)6-9;/h3-4H,2,5-6,9H2,1H3,(H,11,13);1H. The van der Waals surface area contributed by atoms with Crippen LogP contribution in [0.4, 0.5) is 5.82 Å². The Kier molecular flexibility index (Phi) is 5.91. The summed E-state index contributed by atoms with van der Waals surface area (Å²) in [7, 11) is 0. The Balaban J connectivity index is 0.00000169. The Bertz CT molecular complexity index is 287. The fraction of sp³-hybridized carbons (Fsp3) is 0.500. The van der Waals surface area contributed by atoms with Crippen LogP contribution in [0.5, 0.6) is 0 Å². The van der Waals surface area contributed by atoms with E-state index in [-0.39, 0.29) is 24.9 Å². The van der Waals surface area contributed by atoms with Crippen LogP contribution in [0.25, 0.3) is 0 Å². The van der Waals surface area contributed by atoms with Crippen LogP contribution < -0.4 is 11.1 Å². The Morgan fingerprint density at radius 2 is 2.43 bits per heavy atom. The quantitative estimate of drug-likeness (QED) is 0.778. The maximum absolute atomic E-state index is 11.0. The van der Waals surface area contributed by atoms with E-state index in [2.05, 4.69) is 17.3 Å². The van der Waals surface area contributed by atoms with Gasteiger partial charge in [0.15, 0.2) is 0 Å². The number of nitrogens with one attached hydrogen (secondary N) is 1. The van der Waals surface area contributed by atoms with Crippen molar-refractivity contribution in [3.05, 3.63) is 12.3 Å². The monoisotopic (exact) mass is 218 g/mol. The van der Waals surface area contributed by atoms with Crippen LogP contribution >= 0.6 is 12.4 Å². The van der Waals surface area contributed by atoms with Crippen LogP contribution in [-0.4, -0.2) is 22.2 Å². The number of nitrogens with two attached hydrogens (primary N) is 1. The van der Waals surface area contributed by atoms with Crippen molar-refractivity contribution in [2.45, 2.75) is 19.9 Å². The van der Waals surface area contributed by atoms with Crippen molar-refractivity contribution in [3.8, 4) is 0 Å². The molecule has 0 aliphatic rings. The number of aromatic nitrogens is 2. The number of anilines is 1. The van der Waals surface area contributed by atoms with E-state index in [0.29, 0.717) is 5.82 Å². The van der Waals surface area contributed by atoms with Gasteiger partial charge in [-0.2, -0.15) is 5.10 Å². The van der Waals surface area contributed by atoms with Gasteiger partial charge in [-0.05, 0) is 6.42 Å². The van der Waals surface area contributed by atoms with E-state index in [1.54, 1.807) is 16.9 Å². The summed E-state index contributed by atoms with van der Waals surface area (Å²) in [5.41, 5.74) is 5.17. The van der Waals surface area contributed by atoms with E-state index < -0.39 is 0 Å². The van der Waals surface area contributed by atoms with Crippen LogP contribution in [0, 0.1) is 0 Å². The summed E-state index contributed by atoms with van der Waals surface area (Å²) < 4.78 is 1.74. The molecule has 0 aromatic carbocycles. The van der Waals surface area contributed by atoms with Gasteiger partial charge in [0.2, 0.25) is 5.91 Å². The zero-order chi connectivity index (χ0) is 9.68. The van der Waals surface area contributed by atoms with Gasteiger partial charge in [0.25, 0.3) is 0 Å². The first kappa shape index (κ1) is 12.9. The highest BCUT2D eigenvalue weighted by molar-refractivity contribution is 5.91. The van der Waals surface area contributed by atoms with Gasteiger partial charge in [0.05, 0.1) is 12.7 Å². The van der Waals surface area contributed by atoms with Crippen molar-refractivity contribution in [1.29, 1.82) is 0 Å². The number of carbonyl (C=O) groups excluding carboxylic acids is 1. The highest BCUT2D eigenvalue weighted by Crippen LogP contribution is 2.05. The van der Waals surface area contributed by atoms with Gasteiger partial charge in [-0.3, -0.25) is 4.79 Å². The summed E-state index contributed by atoms with van der Waals surface area (Å²) in [6.07, 6.45) is 2.63. The van der Waals surface area contributed by atoms with Crippen LogP contribution in [0.2, 0.25) is 0 Å². The number of amides is 1. The minimum absolute atomic E-state index is 0. The fourth-order valence-electron chi connectivity index (χ4n) is 1.02. The summed E-state index contributed by atoms with van der Waals surface area (Å²) in [5, 5.41) is 6.72. The molecule has 0 saturated carbocycles. The fourth-order valence-corrected chi connectivity index (χ4v) is 1.02. The molecule has 0 aliphatic carbocycles. The largest absolute Gasteiger partial charge is 0.322 e. The predicted molar refractivity (Wildman–Crippen MR) is 57.5 cm³/mol. The summed E-state index contributed by atoms with van der Waals surface area (Å²) in [6, 6.07) is 1.75. The van der Waals surface area contributed by atoms with Crippen LogP contribution in [0.3, 0.4) is 0 Å². The number of carbonyl (C=O) groups is 1. The molecular formula is C8H15ClN4O. The SMILES string of the molecule is CCCn1nccc1NC(=O)CN.Cl.